The first-order valence-electron chi connectivity index (χ1n) is 4.91. The standard InChI is InChI=1S/C9H10ClFN6/c1-17-5-14-16-7(17)2-3-12-8-6(11)4-13-9(10)15-8/h4-5H,2-3H2,1H3,(H,12,13,15). The third-order valence-electron chi connectivity index (χ3n) is 2.16. The highest BCUT2D eigenvalue weighted by atomic mass is 35.5. The van der Waals surface area contributed by atoms with Gasteiger partial charge in [-0.2, -0.15) is 4.98 Å². The van der Waals surface area contributed by atoms with Crippen molar-refractivity contribution in [2.24, 2.45) is 7.05 Å². The molecule has 0 fully saturated rings. The minimum absolute atomic E-state index is 0.00700. The van der Waals surface area contributed by atoms with Crippen LogP contribution in [0.5, 0.6) is 0 Å². The van der Waals surface area contributed by atoms with E-state index >= 15 is 0 Å². The van der Waals surface area contributed by atoms with Gasteiger partial charge in [0.2, 0.25) is 5.28 Å². The summed E-state index contributed by atoms with van der Waals surface area (Å²) >= 11 is 5.57. The van der Waals surface area contributed by atoms with E-state index < -0.39 is 5.82 Å². The summed E-state index contributed by atoms with van der Waals surface area (Å²) in [6.45, 7) is 0.483. The van der Waals surface area contributed by atoms with Crippen LogP contribution in [-0.2, 0) is 13.5 Å². The minimum Gasteiger partial charge on any atom is -0.367 e. The SMILES string of the molecule is Cn1cnnc1CCNc1nc(Cl)ncc1F. The maximum atomic E-state index is 13.2. The van der Waals surface area contributed by atoms with Gasteiger partial charge in [-0.15, -0.1) is 10.2 Å². The summed E-state index contributed by atoms with van der Waals surface area (Å²) in [5.74, 6) is 0.359. The molecule has 17 heavy (non-hydrogen) atoms. The van der Waals surface area contributed by atoms with Gasteiger partial charge >= 0.3 is 0 Å². The molecule has 0 bridgehead atoms. The molecular weight excluding hydrogens is 247 g/mol. The van der Waals surface area contributed by atoms with Crippen molar-refractivity contribution >= 4 is 17.4 Å². The summed E-state index contributed by atoms with van der Waals surface area (Å²) in [6, 6.07) is 0. The largest absolute Gasteiger partial charge is 0.367 e. The molecule has 2 rings (SSSR count). The molecule has 0 aromatic carbocycles. The Morgan fingerprint density at radius 1 is 1.53 bits per heavy atom. The second-order valence-corrected chi connectivity index (χ2v) is 3.71. The van der Waals surface area contributed by atoms with Gasteiger partial charge in [-0.1, -0.05) is 0 Å². The van der Waals surface area contributed by atoms with Gasteiger partial charge < -0.3 is 9.88 Å². The number of rotatable bonds is 4. The molecule has 0 atom stereocenters. The number of aryl methyl sites for hydroxylation is 1. The second-order valence-electron chi connectivity index (χ2n) is 3.37. The Bertz CT molecular complexity index is 514. The van der Waals surface area contributed by atoms with Crippen LogP contribution < -0.4 is 5.32 Å². The number of hydrogen-bond acceptors (Lipinski definition) is 5. The maximum absolute atomic E-state index is 13.2. The molecule has 0 saturated carbocycles. The molecule has 2 heterocycles. The Morgan fingerprint density at radius 3 is 3.06 bits per heavy atom. The molecule has 6 nitrogen and oxygen atoms in total. The van der Waals surface area contributed by atoms with Crippen LogP contribution >= 0.6 is 11.6 Å². The van der Waals surface area contributed by atoms with Crippen molar-refractivity contribution in [1.29, 1.82) is 0 Å². The van der Waals surface area contributed by atoms with Crippen molar-refractivity contribution in [2.75, 3.05) is 11.9 Å². The fourth-order valence-corrected chi connectivity index (χ4v) is 1.43. The van der Waals surface area contributed by atoms with Crippen LogP contribution in [0.1, 0.15) is 5.82 Å². The molecule has 90 valence electrons. The number of halogens is 2. The van der Waals surface area contributed by atoms with Crippen LogP contribution in [0, 0.1) is 5.82 Å². The zero-order valence-electron chi connectivity index (χ0n) is 9.06. The fraction of sp³-hybridized carbons (Fsp3) is 0.333. The molecule has 0 amide bonds. The van der Waals surface area contributed by atoms with Gasteiger partial charge in [0.25, 0.3) is 0 Å². The van der Waals surface area contributed by atoms with Crippen molar-refractivity contribution in [3.05, 3.63) is 29.4 Å². The van der Waals surface area contributed by atoms with E-state index in [1.807, 2.05) is 7.05 Å². The normalized spacial score (nSPS) is 10.5. The summed E-state index contributed by atoms with van der Waals surface area (Å²) < 4.78 is 15.0. The summed E-state index contributed by atoms with van der Waals surface area (Å²) in [4.78, 5) is 7.26. The van der Waals surface area contributed by atoms with Crippen molar-refractivity contribution in [3.63, 3.8) is 0 Å². The van der Waals surface area contributed by atoms with Gasteiger partial charge in [-0.25, -0.2) is 9.37 Å². The third-order valence-corrected chi connectivity index (χ3v) is 2.34. The second kappa shape index (κ2) is 5.05. The lowest BCUT2D eigenvalue weighted by Gasteiger charge is -2.05. The molecule has 0 aliphatic heterocycles. The minimum atomic E-state index is -0.535. The van der Waals surface area contributed by atoms with E-state index in [1.165, 1.54) is 0 Å². The summed E-state index contributed by atoms with van der Waals surface area (Å²) in [6.07, 6.45) is 3.25. The van der Waals surface area contributed by atoms with Crippen LogP contribution in [-0.4, -0.2) is 31.3 Å². The van der Waals surface area contributed by atoms with E-state index in [0.29, 0.717) is 13.0 Å². The number of hydrogen-bond donors (Lipinski definition) is 1. The van der Waals surface area contributed by atoms with Gasteiger partial charge in [-0.3, -0.25) is 0 Å². The Hall–Kier alpha value is -1.76. The molecule has 0 unspecified atom stereocenters. The lowest BCUT2D eigenvalue weighted by Crippen LogP contribution is -2.11. The Morgan fingerprint density at radius 2 is 2.35 bits per heavy atom. The van der Waals surface area contributed by atoms with Crippen LogP contribution in [0.2, 0.25) is 5.28 Å². The zero-order valence-corrected chi connectivity index (χ0v) is 9.82. The van der Waals surface area contributed by atoms with Crippen LogP contribution in [0.4, 0.5) is 10.2 Å². The predicted octanol–water partition coefficient (Wildman–Crippen LogP) is 1.05. The van der Waals surface area contributed by atoms with Crippen LogP contribution in [0.3, 0.4) is 0 Å². The summed E-state index contributed by atoms with van der Waals surface area (Å²) in [7, 11) is 1.84. The molecule has 8 heteroatoms. The van der Waals surface area contributed by atoms with E-state index in [4.69, 9.17) is 11.6 Å². The Labute approximate surface area is 102 Å². The van der Waals surface area contributed by atoms with Gasteiger partial charge in [0.1, 0.15) is 12.2 Å². The number of aromatic nitrogens is 5. The first kappa shape index (κ1) is 11.7. The highest BCUT2D eigenvalue weighted by molar-refractivity contribution is 6.28. The van der Waals surface area contributed by atoms with Gasteiger partial charge in [0, 0.05) is 20.0 Å². The third kappa shape index (κ3) is 2.88. The van der Waals surface area contributed by atoms with Gasteiger partial charge in [-0.05, 0) is 11.6 Å². The average Bonchev–Trinajstić information content (AvgIpc) is 2.70. The van der Waals surface area contributed by atoms with Crippen molar-refractivity contribution in [1.82, 2.24) is 24.7 Å². The number of nitrogens with zero attached hydrogens (tertiary/aromatic N) is 5. The Balaban J connectivity index is 1.94. The highest BCUT2D eigenvalue weighted by Crippen LogP contribution is 2.11. The van der Waals surface area contributed by atoms with Crippen molar-refractivity contribution < 1.29 is 4.39 Å². The Kier molecular flexibility index (Phi) is 3.48. The molecular formula is C9H10ClFN6. The molecule has 0 spiro atoms. The van der Waals surface area contributed by atoms with Gasteiger partial charge in [0.15, 0.2) is 11.6 Å². The smallest absolute Gasteiger partial charge is 0.224 e. The molecule has 2 aromatic rings. The van der Waals surface area contributed by atoms with E-state index in [-0.39, 0.29) is 11.1 Å². The fourth-order valence-electron chi connectivity index (χ4n) is 1.30. The molecule has 1 N–H and O–H groups in total. The summed E-state index contributed by atoms with van der Waals surface area (Å²) in [5, 5.41) is 10.5. The number of anilines is 1. The molecule has 0 aliphatic carbocycles. The molecule has 2 aromatic heterocycles. The van der Waals surface area contributed by atoms with E-state index in [1.54, 1.807) is 10.9 Å². The predicted molar refractivity (Wildman–Crippen MR) is 60.2 cm³/mol. The lowest BCUT2D eigenvalue weighted by atomic mass is 10.4. The van der Waals surface area contributed by atoms with Gasteiger partial charge in [0.05, 0.1) is 6.20 Å². The summed E-state index contributed by atoms with van der Waals surface area (Å²) in [5.41, 5.74) is 0. The molecule has 0 aliphatic rings. The topological polar surface area (TPSA) is 68.5 Å². The molecule has 0 saturated heterocycles. The number of nitrogens with one attached hydrogen (secondary N) is 1. The molecule has 0 radical (unpaired) electrons. The van der Waals surface area contributed by atoms with Crippen molar-refractivity contribution in [3.8, 4) is 0 Å². The van der Waals surface area contributed by atoms with Crippen LogP contribution in [0.25, 0.3) is 0 Å². The van der Waals surface area contributed by atoms with E-state index in [9.17, 15) is 4.39 Å². The van der Waals surface area contributed by atoms with Crippen LogP contribution in [0.15, 0.2) is 12.5 Å². The lowest BCUT2D eigenvalue weighted by molar-refractivity contribution is 0.616. The van der Waals surface area contributed by atoms with Crippen molar-refractivity contribution in [2.45, 2.75) is 6.42 Å². The quantitative estimate of drug-likeness (QED) is 0.829. The highest BCUT2D eigenvalue weighted by Gasteiger charge is 2.06. The zero-order chi connectivity index (χ0) is 12.3. The van der Waals surface area contributed by atoms with E-state index in [2.05, 4.69) is 25.5 Å². The first-order valence-corrected chi connectivity index (χ1v) is 5.29. The monoisotopic (exact) mass is 256 g/mol. The average molecular weight is 257 g/mol. The maximum Gasteiger partial charge on any atom is 0.224 e. The first-order chi connectivity index (χ1) is 8.16. The van der Waals surface area contributed by atoms with E-state index in [0.717, 1.165) is 12.0 Å².